The van der Waals surface area contributed by atoms with E-state index in [2.05, 4.69) is 10.0 Å². The van der Waals surface area contributed by atoms with E-state index in [4.69, 9.17) is 13.9 Å². The lowest BCUT2D eigenvalue weighted by atomic mass is 10.1. The van der Waals surface area contributed by atoms with Gasteiger partial charge in [0, 0.05) is 24.9 Å². The second kappa shape index (κ2) is 9.51. The van der Waals surface area contributed by atoms with Gasteiger partial charge in [0.25, 0.3) is 0 Å². The third-order valence-corrected chi connectivity index (χ3v) is 7.25. The summed E-state index contributed by atoms with van der Waals surface area (Å²) in [5.74, 6) is -0.0830. The van der Waals surface area contributed by atoms with Crippen molar-refractivity contribution in [2.24, 2.45) is 7.05 Å². The van der Waals surface area contributed by atoms with Crippen molar-refractivity contribution in [3.05, 3.63) is 82.8 Å². The second-order valence-corrected chi connectivity index (χ2v) is 9.98. The molecule has 2 heterocycles. The maximum atomic E-state index is 13.3. The lowest BCUT2D eigenvalue weighted by molar-refractivity contribution is -0.117. The van der Waals surface area contributed by atoms with Crippen molar-refractivity contribution in [2.75, 3.05) is 18.5 Å². The Morgan fingerprint density at radius 2 is 1.75 bits per heavy atom. The van der Waals surface area contributed by atoms with Crippen LogP contribution in [0.15, 0.2) is 80.8 Å². The Labute approximate surface area is 206 Å². The minimum atomic E-state index is -4.15. The molecule has 0 spiro atoms. The van der Waals surface area contributed by atoms with Crippen LogP contribution in [0.2, 0.25) is 0 Å². The first-order chi connectivity index (χ1) is 17.3. The molecule has 1 aliphatic heterocycles. The number of rotatable bonds is 7. The van der Waals surface area contributed by atoms with E-state index in [-0.39, 0.29) is 16.9 Å². The first kappa shape index (κ1) is 23.6. The number of fused-ring (bicyclic) bond motifs is 2. The molecule has 0 fully saturated rings. The quantitative estimate of drug-likeness (QED) is 0.392. The average Bonchev–Trinajstić information content (AvgIpc) is 3.16. The van der Waals surface area contributed by atoms with Gasteiger partial charge in [0.15, 0.2) is 17.1 Å². The van der Waals surface area contributed by atoms with E-state index < -0.39 is 27.7 Å². The number of hydrogen-bond donors (Lipinski definition) is 2. The number of carbonyl (C=O) groups excluding carboxylic acids is 1. The summed E-state index contributed by atoms with van der Waals surface area (Å²) < 4.78 is 46.5. The van der Waals surface area contributed by atoms with Gasteiger partial charge >= 0.3 is 5.76 Å². The van der Waals surface area contributed by atoms with Crippen molar-refractivity contribution in [1.82, 2.24) is 9.29 Å². The zero-order valence-electron chi connectivity index (χ0n) is 19.3. The SMILES string of the molecule is Cn1c(=O)oc2cc(S(=O)(=O)N[C@@H](Cc3ccccc3)C(=O)Nc3ccc4c(c3)OCCO4)ccc21. The topological polar surface area (TPSA) is 129 Å². The molecule has 2 N–H and O–H groups in total. The van der Waals surface area contributed by atoms with Gasteiger partial charge in [0.1, 0.15) is 19.3 Å². The summed E-state index contributed by atoms with van der Waals surface area (Å²) in [5, 5.41) is 2.76. The Hall–Kier alpha value is -4.09. The Bertz CT molecular complexity index is 1590. The normalized spacial score (nSPS) is 13.9. The van der Waals surface area contributed by atoms with E-state index in [9.17, 15) is 18.0 Å². The van der Waals surface area contributed by atoms with Crippen molar-refractivity contribution < 1.29 is 27.1 Å². The molecular weight excluding hydrogens is 486 g/mol. The van der Waals surface area contributed by atoms with Crippen LogP contribution >= 0.6 is 0 Å². The van der Waals surface area contributed by atoms with E-state index in [1.807, 2.05) is 30.3 Å². The Morgan fingerprint density at radius 1 is 1.00 bits per heavy atom. The summed E-state index contributed by atoms with van der Waals surface area (Å²) in [5.41, 5.74) is 1.79. The summed E-state index contributed by atoms with van der Waals surface area (Å²) in [7, 11) is -2.63. The van der Waals surface area contributed by atoms with Crippen LogP contribution in [-0.2, 0) is 28.3 Å². The molecule has 0 unspecified atom stereocenters. The van der Waals surface area contributed by atoms with Crippen LogP contribution in [0, 0.1) is 0 Å². The largest absolute Gasteiger partial charge is 0.486 e. The van der Waals surface area contributed by atoms with Gasteiger partial charge in [-0.2, -0.15) is 4.72 Å². The Morgan fingerprint density at radius 3 is 2.53 bits per heavy atom. The number of oxazole rings is 1. The third kappa shape index (κ3) is 4.83. The maximum absolute atomic E-state index is 13.3. The van der Waals surface area contributed by atoms with E-state index in [1.54, 1.807) is 18.2 Å². The molecule has 1 amide bonds. The van der Waals surface area contributed by atoms with Crippen molar-refractivity contribution in [3.8, 4) is 11.5 Å². The number of nitrogens with zero attached hydrogens (tertiary/aromatic N) is 1. The third-order valence-electron chi connectivity index (χ3n) is 5.78. The standard InChI is InChI=1S/C25H23N3O7S/c1-28-20-9-8-18(15-22(20)35-25(28)30)36(31,32)27-19(13-16-5-3-2-4-6-16)24(29)26-17-7-10-21-23(14-17)34-12-11-33-21/h2-10,14-15,19,27H,11-13H2,1H3,(H,26,29)/t19-/m0/s1. The molecule has 0 radical (unpaired) electrons. The Balaban J connectivity index is 1.42. The van der Waals surface area contributed by atoms with Gasteiger partial charge in [-0.15, -0.1) is 0 Å². The molecule has 0 aliphatic carbocycles. The van der Waals surface area contributed by atoms with Crippen LogP contribution in [0.1, 0.15) is 5.56 Å². The minimum absolute atomic E-state index is 0.110. The molecule has 3 aromatic carbocycles. The lowest BCUT2D eigenvalue weighted by Gasteiger charge is -2.21. The predicted octanol–water partition coefficient (Wildman–Crippen LogP) is 2.43. The first-order valence-electron chi connectivity index (χ1n) is 11.2. The zero-order chi connectivity index (χ0) is 25.3. The van der Waals surface area contributed by atoms with Crippen molar-refractivity contribution >= 4 is 32.7 Å². The highest BCUT2D eigenvalue weighted by Gasteiger charge is 2.27. The molecule has 0 saturated carbocycles. The number of nitrogens with one attached hydrogen (secondary N) is 2. The van der Waals surface area contributed by atoms with Crippen molar-refractivity contribution in [2.45, 2.75) is 17.4 Å². The first-order valence-corrected chi connectivity index (χ1v) is 12.6. The predicted molar refractivity (Wildman–Crippen MR) is 132 cm³/mol. The van der Waals surface area contributed by atoms with Crippen molar-refractivity contribution in [3.63, 3.8) is 0 Å². The van der Waals surface area contributed by atoms with Gasteiger partial charge < -0.3 is 19.2 Å². The zero-order valence-corrected chi connectivity index (χ0v) is 20.1. The number of carbonyl (C=O) groups is 1. The summed E-state index contributed by atoms with van der Waals surface area (Å²) in [4.78, 5) is 24.9. The second-order valence-electron chi connectivity index (χ2n) is 8.27. The number of amides is 1. The monoisotopic (exact) mass is 509 g/mol. The molecule has 5 rings (SSSR count). The number of hydrogen-bond acceptors (Lipinski definition) is 7. The maximum Gasteiger partial charge on any atom is 0.419 e. The van der Waals surface area contributed by atoms with Crippen LogP contribution < -0.4 is 25.3 Å². The minimum Gasteiger partial charge on any atom is -0.486 e. The number of aryl methyl sites for hydroxylation is 1. The summed E-state index contributed by atoms with van der Waals surface area (Å²) in [6.07, 6.45) is 0.110. The van der Waals surface area contributed by atoms with Gasteiger partial charge in [-0.3, -0.25) is 9.36 Å². The number of sulfonamides is 1. The molecule has 0 bridgehead atoms. The molecule has 10 nitrogen and oxygen atoms in total. The van der Waals surface area contributed by atoms with Crippen LogP contribution in [0.5, 0.6) is 11.5 Å². The van der Waals surface area contributed by atoms with E-state index in [0.29, 0.717) is 35.9 Å². The van der Waals surface area contributed by atoms with Crippen LogP contribution in [0.25, 0.3) is 11.1 Å². The summed E-state index contributed by atoms with van der Waals surface area (Å²) in [6.45, 7) is 0.838. The van der Waals surface area contributed by atoms with Crippen molar-refractivity contribution in [1.29, 1.82) is 0 Å². The smallest absolute Gasteiger partial charge is 0.419 e. The highest BCUT2D eigenvalue weighted by molar-refractivity contribution is 7.89. The van der Waals surface area contributed by atoms with E-state index >= 15 is 0 Å². The molecule has 36 heavy (non-hydrogen) atoms. The van der Waals surface area contributed by atoms with Crippen LogP contribution in [0.4, 0.5) is 5.69 Å². The number of benzene rings is 3. The van der Waals surface area contributed by atoms with E-state index in [1.165, 1.54) is 29.8 Å². The number of aromatic nitrogens is 1. The van der Waals surface area contributed by atoms with Gasteiger partial charge in [0.05, 0.1) is 10.4 Å². The fourth-order valence-electron chi connectivity index (χ4n) is 3.92. The fraction of sp³-hybridized carbons (Fsp3) is 0.200. The average molecular weight is 510 g/mol. The molecule has 1 aromatic heterocycles. The molecule has 4 aromatic rings. The molecule has 0 saturated heterocycles. The van der Waals surface area contributed by atoms with Crippen LogP contribution in [0.3, 0.4) is 0 Å². The molecule has 1 aliphatic rings. The number of anilines is 1. The molecule has 11 heteroatoms. The van der Waals surface area contributed by atoms with Gasteiger partial charge in [0.2, 0.25) is 15.9 Å². The van der Waals surface area contributed by atoms with Gasteiger partial charge in [-0.05, 0) is 36.2 Å². The van der Waals surface area contributed by atoms with Crippen LogP contribution in [-0.4, -0.2) is 38.1 Å². The number of ether oxygens (including phenoxy) is 2. The highest BCUT2D eigenvalue weighted by Crippen LogP contribution is 2.32. The van der Waals surface area contributed by atoms with Gasteiger partial charge in [-0.1, -0.05) is 30.3 Å². The lowest BCUT2D eigenvalue weighted by Crippen LogP contribution is -2.45. The van der Waals surface area contributed by atoms with E-state index in [0.717, 1.165) is 5.56 Å². The summed E-state index contributed by atoms with van der Waals surface area (Å²) in [6, 6.07) is 17.0. The highest BCUT2D eigenvalue weighted by atomic mass is 32.2. The molecule has 186 valence electrons. The summed E-state index contributed by atoms with van der Waals surface area (Å²) >= 11 is 0. The molecular formula is C25H23N3O7S. The fourth-order valence-corrected chi connectivity index (χ4v) is 5.14. The Kier molecular flexibility index (Phi) is 6.25. The molecule has 1 atom stereocenters. The van der Waals surface area contributed by atoms with Gasteiger partial charge in [-0.25, -0.2) is 13.2 Å².